The van der Waals surface area contributed by atoms with Gasteiger partial charge in [-0.25, -0.2) is 0 Å². The Morgan fingerprint density at radius 1 is 0.700 bits per heavy atom. The number of hydrogen-bond donors (Lipinski definition) is 1. The smallest absolute Gasteiger partial charge is 0.0652 e. The second-order valence-electron chi connectivity index (χ2n) is 12.2. The van der Waals surface area contributed by atoms with E-state index in [1.807, 2.05) is 25.3 Å². The molecular weight excluding hydrogens is 609 g/mol. The van der Waals surface area contributed by atoms with Gasteiger partial charge in [0.2, 0.25) is 0 Å². The number of nitrogens with one attached hydrogen (secondary N) is 1. The molecule has 0 bridgehead atoms. The molecule has 246 valence electrons. The van der Waals surface area contributed by atoms with E-state index >= 15 is 0 Å². The van der Waals surface area contributed by atoms with Crippen molar-refractivity contribution in [2.45, 2.75) is 13.8 Å². The number of fused-ring (bicyclic) bond motifs is 3. The lowest BCUT2D eigenvalue weighted by Gasteiger charge is -2.39. The summed E-state index contributed by atoms with van der Waals surface area (Å²) in [6.07, 6.45) is 23.1. The largest absolute Gasteiger partial charge is 0.361 e. The second kappa shape index (κ2) is 14.5. The van der Waals surface area contributed by atoms with Crippen LogP contribution in [-0.2, 0) is 0 Å². The molecule has 50 heavy (non-hydrogen) atoms. The maximum absolute atomic E-state index is 4.16. The van der Waals surface area contributed by atoms with Crippen molar-refractivity contribution in [3.05, 3.63) is 193 Å². The van der Waals surface area contributed by atoms with E-state index < -0.39 is 0 Å². The van der Waals surface area contributed by atoms with E-state index in [2.05, 4.69) is 185 Å². The Kier molecular flexibility index (Phi) is 9.35. The highest BCUT2D eigenvalue weighted by Gasteiger charge is 2.25. The lowest BCUT2D eigenvalue weighted by molar-refractivity contribution is 0.829. The van der Waals surface area contributed by atoms with Crippen LogP contribution < -0.4 is 15.1 Å². The van der Waals surface area contributed by atoms with Gasteiger partial charge in [0.05, 0.1) is 22.6 Å². The fourth-order valence-corrected chi connectivity index (χ4v) is 7.14. The van der Waals surface area contributed by atoms with Crippen LogP contribution in [0.3, 0.4) is 0 Å². The van der Waals surface area contributed by atoms with E-state index in [0.717, 1.165) is 69.5 Å². The third-order valence-electron chi connectivity index (χ3n) is 9.32. The number of rotatable bonds is 7. The summed E-state index contributed by atoms with van der Waals surface area (Å²) in [6, 6.07) is 34.5. The average molecular weight is 651 g/mol. The van der Waals surface area contributed by atoms with Gasteiger partial charge in [-0.3, -0.25) is 0 Å². The van der Waals surface area contributed by atoms with Crippen molar-refractivity contribution in [3.8, 4) is 5.69 Å². The molecular formula is C46H42N4. The first kappa shape index (κ1) is 32.3. The van der Waals surface area contributed by atoms with Crippen molar-refractivity contribution in [2.75, 3.05) is 28.2 Å². The molecule has 0 atom stereocenters. The molecule has 0 spiro atoms. The molecule has 2 aliphatic rings. The fraction of sp³-hybridized carbons (Fsp3) is 0.0870. The Balaban J connectivity index is 1.28. The molecule has 3 heterocycles. The minimum Gasteiger partial charge on any atom is -0.361 e. The van der Waals surface area contributed by atoms with Gasteiger partial charge in [0.25, 0.3) is 0 Å². The van der Waals surface area contributed by atoms with Gasteiger partial charge < -0.3 is 19.7 Å². The summed E-state index contributed by atoms with van der Waals surface area (Å²) in [5.74, 6) is 0. The highest BCUT2D eigenvalue weighted by molar-refractivity contribution is 5.95. The standard InChI is InChI=1S/C46H42N4/c1-5-17-34-19-15-20-35(29-30-47-42-25-11-9-23-40(42)38(34)7-3)48-31-32-49(46-28-14-13-27-45(46)48)36-21-16-22-37(33-36)50-43(18-6-2)39(8-4)41-24-10-12-26-44(41)50/h5-30,33,47H,3-4,31-32H2,1-2H3/b17-5-,18-6-,19-15-,30-29+,35-20+,38-34-. The van der Waals surface area contributed by atoms with Crippen LogP contribution in [0.15, 0.2) is 176 Å². The summed E-state index contributed by atoms with van der Waals surface area (Å²) in [7, 11) is 0. The highest BCUT2D eigenvalue weighted by atomic mass is 15.3. The number of nitrogens with zero attached hydrogens (tertiary/aromatic N) is 3. The molecule has 1 N–H and O–H groups in total. The predicted octanol–water partition coefficient (Wildman–Crippen LogP) is 11.9. The van der Waals surface area contributed by atoms with Gasteiger partial charge in [0.15, 0.2) is 0 Å². The van der Waals surface area contributed by atoms with Crippen LogP contribution in [0.1, 0.15) is 30.7 Å². The summed E-state index contributed by atoms with van der Waals surface area (Å²) < 4.78 is 2.35. The van der Waals surface area contributed by atoms with Crippen LogP contribution in [0.5, 0.6) is 0 Å². The third kappa shape index (κ3) is 5.97. The van der Waals surface area contributed by atoms with Crippen molar-refractivity contribution < 1.29 is 0 Å². The van der Waals surface area contributed by atoms with E-state index in [4.69, 9.17) is 0 Å². The molecule has 0 radical (unpaired) electrons. The molecule has 0 amide bonds. The van der Waals surface area contributed by atoms with E-state index in [9.17, 15) is 0 Å². The zero-order valence-corrected chi connectivity index (χ0v) is 28.8. The van der Waals surface area contributed by atoms with E-state index in [1.165, 1.54) is 16.6 Å². The van der Waals surface area contributed by atoms with Crippen LogP contribution in [0, 0.1) is 0 Å². The van der Waals surface area contributed by atoms with Crippen molar-refractivity contribution in [1.82, 2.24) is 4.57 Å². The second-order valence-corrected chi connectivity index (χ2v) is 12.2. The summed E-state index contributed by atoms with van der Waals surface area (Å²) >= 11 is 0. The Labute approximate surface area is 296 Å². The highest BCUT2D eigenvalue weighted by Crippen LogP contribution is 2.41. The van der Waals surface area contributed by atoms with Crippen molar-refractivity contribution in [3.63, 3.8) is 0 Å². The quantitative estimate of drug-likeness (QED) is 0.190. The van der Waals surface area contributed by atoms with E-state index in [1.54, 1.807) is 0 Å². The SMILES string of the molecule is C=C/C1=C(\C=C/C)/C=C\C=C(N2CCN(c3cccc(-n4c(/C=C\C)c(C=C)c5ccccc54)c3)c3ccccc32)/C=C/Nc2ccccc21. The van der Waals surface area contributed by atoms with Crippen molar-refractivity contribution in [1.29, 1.82) is 0 Å². The van der Waals surface area contributed by atoms with Crippen molar-refractivity contribution >= 4 is 51.4 Å². The van der Waals surface area contributed by atoms with Crippen LogP contribution in [0.25, 0.3) is 34.3 Å². The van der Waals surface area contributed by atoms with Gasteiger partial charge in [0, 0.05) is 58.6 Å². The fourth-order valence-electron chi connectivity index (χ4n) is 7.14. The molecule has 0 saturated heterocycles. The van der Waals surface area contributed by atoms with Gasteiger partial charge in [-0.2, -0.15) is 0 Å². The minimum atomic E-state index is 0.814. The number of allylic oxidation sites excluding steroid dienone is 10. The molecule has 4 heteroatoms. The molecule has 1 aromatic heterocycles. The Bertz CT molecular complexity index is 2270. The van der Waals surface area contributed by atoms with Gasteiger partial charge in [-0.1, -0.05) is 110 Å². The lowest BCUT2D eigenvalue weighted by atomic mass is 9.97. The first-order valence-corrected chi connectivity index (χ1v) is 17.2. The molecule has 5 aromatic rings. The minimum absolute atomic E-state index is 0.814. The van der Waals surface area contributed by atoms with Gasteiger partial charge in [-0.15, -0.1) is 0 Å². The summed E-state index contributed by atoms with van der Waals surface area (Å²) in [5.41, 5.74) is 13.5. The Morgan fingerprint density at radius 2 is 1.42 bits per heavy atom. The first-order chi connectivity index (χ1) is 24.7. The predicted molar refractivity (Wildman–Crippen MR) is 217 cm³/mol. The van der Waals surface area contributed by atoms with Crippen LogP contribution in [0.4, 0.5) is 22.7 Å². The number of hydrogen-bond acceptors (Lipinski definition) is 3. The maximum atomic E-state index is 4.16. The zero-order valence-electron chi connectivity index (χ0n) is 28.8. The molecule has 7 rings (SSSR count). The molecule has 4 aromatic carbocycles. The number of para-hydroxylation sites is 4. The number of anilines is 4. The molecule has 0 unspecified atom stereocenters. The van der Waals surface area contributed by atoms with E-state index in [0.29, 0.717) is 0 Å². The Morgan fingerprint density at radius 3 is 2.22 bits per heavy atom. The lowest BCUT2D eigenvalue weighted by Crippen LogP contribution is -2.38. The summed E-state index contributed by atoms with van der Waals surface area (Å²) in [5, 5.41) is 4.76. The molecule has 0 saturated carbocycles. The Hall–Kier alpha value is -6.26. The topological polar surface area (TPSA) is 23.4 Å². The molecule has 2 aliphatic heterocycles. The first-order valence-electron chi connectivity index (χ1n) is 17.2. The van der Waals surface area contributed by atoms with Crippen molar-refractivity contribution in [2.24, 2.45) is 0 Å². The average Bonchev–Trinajstić information content (AvgIpc) is 3.46. The van der Waals surface area contributed by atoms with Gasteiger partial charge in [-0.05, 0) is 85.7 Å². The van der Waals surface area contributed by atoms with Gasteiger partial charge >= 0.3 is 0 Å². The molecule has 0 fully saturated rings. The third-order valence-corrected chi connectivity index (χ3v) is 9.32. The van der Waals surface area contributed by atoms with Crippen LogP contribution in [0.2, 0.25) is 0 Å². The normalized spacial score (nSPS) is 18.6. The van der Waals surface area contributed by atoms with Gasteiger partial charge in [0.1, 0.15) is 0 Å². The summed E-state index contributed by atoms with van der Waals surface area (Å²) in [4.78, 5) is 4.85. The number of benzene rings is 4. The summed E-state index contributed by atoms with van der Waals surface area (Å²) in [6.45, 7) is 14.1. The monoisotopic (exact) mass is 650 g/mol. The van der Waals surface area contributed by atoms with Crippen LogP contribution in [-0.4, -0.2) is 17.7 Å². The van der Waals surface area contributed by atoms with Crippen LogP contribution >= 0.6 is 0 Å². The zero-order chi connectivity index (χ0) is 34.5. The maximum Gasteiger partial charge on any atom is 0.0652 e. The molecule has 4 nitrogen and oxygen atoms in total. The van der Waals surface area contributed by atoms with E-state index in [-0.39, 0.29) is 0 Å². The number of aromatic nitrogens is 1. The molecule has 0 aliphatic carbocycles.